The number of allylic oxidation sites excluding steroid dienone is 4. The largest absolute Gasteiger partial charge is 0.446 e. The average Bonchev–Trinajstić information content (AvgIpc) is 4.04. The molecular weight excluding hydrogens is 723 g/mol. The van der Waals surface area contributed by atoms with Gasteiger partial charge in [0.2, 0.25) is 21.8 Å². The van der Waals surface area contributed by atoms with Gasteiger partial charge in [-0.3, -0.25) is 19.1 Å². The fraction of sp³-hybridized carbons (Fsp3) is 0.585. The molecule has 1 saturated heterocycles. The van der Waals surface area contributed by atoms with Gasteiger partial charge >= 0.3 is 6.09 Å². The third-order valence-electron chi connectivity index (χ3n) is 11.2. The number of carbonyl (C=O) groups excluding carboxylic acids is 4. The molecule has 0 aromatic heterocycles. The van der Waals surface area contributed by atoms with Crippen molar-refractivity contribution in [1.29, 1.82) is 0 Å². The van der Waals surface area contributed by atoms with Crippen LogP contribution in [0.4, 0.5) is 4.79 Å². The summed E-state index contributed by atoms with van der Waals surface area (Å²) in [4.78, 5) is 63.1. The topological polar surface area (TPSA) is 173 Å². The summed E-state index contributed by atoms with van der Waals surface area (Å²) in [5, 5.41) is 9.58. The Hall–Kier alpha value is -4.46. The number of sulfonamides is 1. The van der Waals surface area contributed by atoms with Crippen molar-refractivity contribution in [2.24, 2.45) is 16.5 Å². The van der Waals surface area contributed by atoms with E-state index in [4.69, 9.17) is 9.57 Å². The summed E-state index contributed by atoms with van der Waals surface area (Å²) in [5.74, 6) is -2.50. The number of hydrogen-bond donors (Lipinski definition) is 3. The van der Waals surface area contributed by atoms with Crippen LogP contribution in [0.3, 0.4) is 0 Å². The van der Waals surface area contributed by atoms with Gasteiger partial charge in [-0.15, -0.1) is 6.58 Å². The normalized spacial score (nSPS) is 26.3. The Morgan fingerprint density at radius 2 is 1.73 bits per heavy atom. The predicted molar refractivity (Wildman–Crippen MR) is 209 cm³/mol. The molecule has 55 heavy (non-hydrogen) atoms. The van der Waals surface area contributed by atoms with Crippen LogP contribution in [0.2, 0.25) is 0 Å². The van der Waals surface area contributed by atoms with Gasteiger partial charge in [0.25, 0.3) is 5.91 Å². The van der Waals surface area contributed by atoms with Gasteiger partial charge in [-0.2, -0.15) is 0 Å². The number of oxime groups is 1. The Balaban J connectivity index is 1.25. The number of nitrogens with one attached hydrogen (secondary N) is 3. The molecule has 1 aromatic carbocycles. The van der Waals surface area contributed by atoms with Crippen LogP contribution in [0.25, 0.3) is 5.57 Å². The van der Waals surface area contributed by atoms with Crippen LogP contribution >= 0.6 is 0 Å². The maximum absolute atomic E-state index is 14.6. The lowest BCUT2D eigenvalue weighted by molar-refractivity contribution is -0.143. The van der Waals surface area contributed by atoms with E-state index in [0.717, 1.165) is 60.9 Å². The molecule has 4 aliphatic carbocycles. The highest BCUT2D eigenvalue weighted by Gasteiger charge is 2.62. The van der Waals surface area contributed by atoms with Gasteiger partial charge in [-0.25, -0.2) is 13.2 Å². The van der Waals surface area contributed by atoms with Crippen molar-refractivity contribution in [3.63, 3.8) is 0 Å². The minimum absolute atomic E-state index is 0.0239. The van der Waals surface area contributed by atoms with Crippen molar-refractivity contribution in [2.75, 3.05) is 6.54 Å². The Bertz CT molecular complexity index is 1860. The van der Waals surface area contributed by atoms with Gasteiger partial charge in [0.15, 0.2) is 0 Å². The summed E-state index contributed by atoms with van der Waals surface area (Å²) in [6.07, 6.45) is 11.1. The molecule has 1 heterocycles. The van der Waals surface area contributed by atoms with Crippen molar-refractivity contribution in [2.45, 2.75) is 133 Å². The van der Waals surface area contributed by atoms with E-state index >= 15 is 0 Å². The van der Waals surface area contributed by atoms with Gasteiger partial charge in [-0.05, 0) is 80.8 Å². The summed E-state index contributed by atoms with van der Waals surface area (Å²) in [6, 6.07) is 7.86. The summed E-state index contributed by atoms with van der Waals surface area (Å²) in [6.45, 7) is 11.2. The summed E-state index contributed by atoms with van der Waals surface area (Å²) in [5.41, 5.74) is 1.50. The van der Waals surface area contributed by atoms with E-state index < -0.39 is 74.1 Å². The zero-order valence-electron chi connectivity index (χ0n) is 32.3. The van der Waals surface area contributed by atoms with Crippen LogP contribution in [0.1, 0.15) is 104 Å². The zero-order chi connectivity index (χ0) is 39.5. The monoisotopic (exact) mass is 777 g/mol. The third-order valence-corrected chi connectivity index (χ3v) is 13.1. The fourth-order valence-electron chi connectivity index (χ4n) is 7.79. The molecule has 14 heteroatoms. The van der Waals surface area contributed by atoms with Crippen molar-refractivity contribution >= 4 is 45.1 Å². The molecule has 0 spiro atoms. The minimum Gasteiger partial charge on any atom is -0.446 e. The van der Waals surface area contributed by atoms with Crippen LogP contribution in [0.5, 0.6) is 0 Å². The van der Waals surface area contributed by atoms with Gasteiger partial charge in [0.1, 0.15) is 29.8 Å². The lowest BCUT2D eigenvalue weighted by Crippen LogP contribution is -2.60. The van der Waals surface area contributed by atoms with Crippen molar-refractivity contribution < 1.29 is 37.2 Å². The fourth-order valence-corrected chi connectivity index (χ4v) is 9.15. The second kappa shape index (κ2) is 16.3. The second-order valence-electron chi connectivity index (χ2n) is 16.5. The van der Waals surface area contributed by atoms with E-state index in [1.165, 1.54) is 11.0 Å². The molecule has 298 valence electrons. The number of benzene rings is 1. The summed E-state index contributed by atoms with van der Waals surface area (Å²) < 4.78 is 33.3. The highest BCUT2D eigenvalue weighted by molar-refractivity contribution is 7.91. The molecule has 5 atom stereocenters. The Kier molecular flexibility index (Phi) is 11.9. The number of rotatable bonds is 14. The number of carbonyl (C=O) groups is 4. The average molecular weight is 778 g/mol. The summed E-state index contributed by atoms with van der Waals surface area (Å²) in [7, 11) is -3.89. The molecule has 13 nitrogen and oxygen atoms in total. The smallest absolute Gasteiger partial charge is 0.408 e. The first-order valence-electron chi connectivity index (χ1n) is 19.6. The first kappa shape index (κ1) is 40.2. The number of hydrogen-bond acceptors (Lipinski definition) is 9. The lowest BCUT2D eigenvalue weighted by atomic mass is 9.85. The molecule has 0 radical (unpaired) electrons. The first-order valence-corrected chi connectivity index (χ1v) is 21.2. The third kappa shape index (κ3) is 9.16. The second-order valence-corrected chi connectivity index (χ2v) is 18.4. The van der Waals surface area contributed by atoms with Crippen molar-refractivity contribution in [1.82, 2.24) is 20.3 Å². The minimum atomic E-state index is -3.89. The zero-order valence-corrected chi connectivity index (χ0v) is 33.2. The molecule has 1 aliphatic heterocycles. The van der Waals surface area contributed by atoms with Gasteiger partial charge < -0.3 is 25.1 Å². The van der Waals surface area contributed by atoms with Gasteiger partial charge in [-0.1, -0.05) is 81.4 Å². The lowest BCUT2D eigenvalue weighted by Gasteiger charge is -2.35. The highest BCUT2D eigenvalue weighted by Crippen LogP contribution is 2.45. The van der Waals surface area contributed by atoms with Gasteiger partial charge in [0.05, 0.1) is 17.5 Å². The number of likely N-dealkylation sites (tertiary alicyclic amines) is 1. The first-order chi connectivity index (χ1) is 26.2. The molecule has 3 N–H and O–H groups in total. The van der Waals surface area contributed by atoms with Crippen LogP contribution < -0.4 is 15.4 Å². The van der Waals surface area contributed by atoms with E-state index in [2.05, 4.69) is 51.4 Å². The molecule has 0 unspecified atom stereocenters. The van der Waals surface area contributed by atoms with E-state index in [1.807, 2.05) is 45.9 Å². The van der Waals surface area contributed by atoms with Crippen LogP contribution in [0.15, 0.2) is 65.9 Å². The van der Waals surface area contributed by atoms with E-state index in [-0.39, 0.29) is 25.5 Å². The number of amides is 4. The van der Waals surface area contributed by atoms with Crippen molar-refractivity contribution in [3.8, 4) is 0 Å². The maximum atomic E-state index is 14.6. The number of alkyl carbamates (subject to hydrolysis) is 1. The predicted octanol–water partition coefficient (Wildman–Crippen LogP) is 5.30. The van der Waals surface area contributed by atoms with E-state index in [1.54, 1.807) is 0 Å². The number of ether oxygens (including phenoxy) is 1. The van der Waals surface area contributed by atoms with Gasteiger partial charge in [0, 0.05) is 17.9 Å². The highest BCUT2D eigenvalue weighted by atomic mass is 32.2. The molecule has 4 amide bonds. The van der Waals surface area contributed by atoms with E-state index in [9.17, 15) is 27.6 Å². The molecule has 4 fully saturated rings. The van der Waals surface area contributed by atoms with Crippen LogP contribution in [-0.4, -0.2) is 84.5 Å². The Morgan fingerprint density at radius 3 is 2.35 bits per heavy atom. The van der Waals surface area contributed by atoms with Crippen LogP contribution in [0, 0.1) is 11.3 Å². The SMILES string of the molecule is C=C[C@@H]1C[C@@]1(NC(=O)[C@@H]1C[C@@H](O/N=C(\CC)C2=CCCC=C2c2ccccc2)CN1C(=O)[C@@H](NC(=O)OC1CCCC1)C(C)(C)C)C(=O)NS(=O)(=O)C1CC1. The molecule has 0 bridgehead atoms. The van der Waals surface area contributed by atoms with E-state index in [0.29, 0.717) is 19.3 Å². The number of nitrogens with zero attached hydrogens (tertiary/aromatic N) is 2. The molecule has 6 rings (SSSR count). The quantitative estimate of drug-likeness (QED) is 0.130. The standard InChI is InChI=1S/C41H55N5O8S/c1-6-27-24-41(27,38(49)45-55(51,52)30-21-22-30)43-36(47)34-23-29(54-44-33(7-2)32-20-14-13-19-31(32)26-15-9-8-10-16-26)25-46(34)37(48)35(40(3,4)5)42-39(50)53-28-17-11-12-18-28/h6,8-10,15-16,19-20,27-30,34-35H,1,7,11-14,17-18,21-25H2,2-5H3,(H,42,50)(H,43,47)(H,45,49)/b44-33+/t27-,29-,34+,35-,41+/m1/s1. The Morgan fingerprint density at radius 1 is 1.04 bits per heavy atom. The molecule has 3 saturated carbocycles. The molecule has 1 aromatic rings. The van der Waals surface area contributed by atoms with Crippen molar-refractivity contribution in [3.05, 3.63) is 66.3 Å². The maximum Gasteiger partial charge on any atom is 0.408 e. The Labute approximate surface area is 324 Å². The van der Waals surface area contributed by atoms with Crippen LogP contribution in [-0.2, 0) is 34.0 Å². The summed E-state index contributed by atoms with van der Waals surface area (Å²) >= 11 is 0. The molecule has 5 aliphatic rings. The molecular formula is C41H55N5O8S.